The molecule has 1 aliphatic heterocycles. The molecule has 1 atom stereocenters. The number of hydrogen-bond acceptors (Lipinski definition) is 3. The lowest BCUT2D eigenvalue weighted by atomic mass is 9.91. The zero-order valence-corrected chi connectivity index (χ0v) is 15.8. The minimum absolute atomic E-state index is 0.261. The minimum Gasteiger partial charge on any atom is -0.463 e. The van der Waals surface area contributed by atoms with Crippen LogP contribution >= 0.6 is 0 Å². The van der Waals surface area contributed by atoms with E-state index in [9.17, 15) is 9.59 Å². The van der Waals surface area contributed by atoms with Crippen LogP contribution in [0.4, 0.5) is 4.79 Å². The standard InChI is InChI=1S/C22H24N2O3/c1-4-27-21(25)18-19(16-8-6-5-7-9-16)23-22(26)24-20(18)17-12-10-15(11-13-17)14(2)3/h5-14,20H,4H2,1-3H3,(H2,23,24,26)/t20-/m1/s1. The topological polar surface area (TPSA) is 67.4 Å². The van der Waals surface area contributed by atoms with Gasteiger partial charge >= 0.3 is 12.0 Å². The van der Waals surface area contributed by atoms with E-state index in [4.69, 9.17) is 4.74 Å². The lowest BCUT2D eigenvalue weighted by molar-refractivity contribution is -0.138. The molecule has 2 N–H and O–H groups in total. The summed E-state index contributed by atoms with van der Waals surface area (Å²) in [6.45, 7) is 6.27. The molecule has 0 aromatic heterocycles. The number of ether oxygens (including phenoxy) is 1. The van der Waals surface area contributed by atoms with Crippen molar-refractivity contribution < 1.29 is 14.3 Å². The maximum absolute atomic E-state index is 12.8. The molecule has 3 rings (SSSR count). The van der Waals surface area contributed by atoms with Gasteiger partial charge in [-0.2, -0.15) is 0 Å². The predicted molar refractivity (Wildman–Crippen MR) is 105 cm³/mol. The zero-order chi connectivity index (χ0) is 19.4. The van der Waals surface area contributed by atoms with Gasteiger partial charge in [-0.15, -0.1) is 0 Å². The van der Waals surface area contributed by atoms with E-state index >= 15 is 0 Å². The molecule has 2 aromatic rings. The van der Waals surface area contributed by atoms with Gasteiger partial charge in [0, 0.05) is 0 Å². The molecule has 27 heavy (non-hydrogen) atoms. The Morgan fingerprint density at radius 1 is 1.07 bits per heavy atom. The third-order valence-corrected chi connectivity index (χ3v) is 4.57. The second-order valence-corrected chi connectivity index (χ2v) is 6.73. The predicted octanol–water partition coefficient (Wildman–Crippen LogP) is 4.14. The van der Waals surface area contributed by atoms with E-state index < -0.39 is 12.0 Å². The largest absolute Gasteiger partial charge is 0.463 e. The zero-order valence-electron chi connectivity index (χ0n) is 15.8. The van der Waals surface area contributed by atoms with Gasteiger partial charge in [-0.1, -0.05) is 68.4 Å². The summed E-state index contributed by atoms with van der Waals surface area (Å²) in [4.78, 5) is 25.1. The first kappa shape index (κ1) is 18.7. The fourth-order valence-electron chi connectivity index (χ4n) is 3.15. The van der Waals surface area contributed by atoms with Crippen LogP contribution in [-0.2, 0) is 9.53 Å². The van der Waals surface area contributed by atoms with Crippen LogP contribution in [0.3, 0.4) is 0 Å². The maximum atomic E-state index is 12.8. The lowest BCUT2D eigenvalue weighted by Crippen LogP contribution is -2.45. The molecule has 0 fully saturated rings. The highest BCUT2D eigenvalue weighted by atomic mass is 16.5. The Labute approximate surface area is 159 Å². The van der Waals surface area contributed by atoms with Crippen LogP contribution in [-0.4, -0.2) is 18.6 Å². The molecular weight excluding hydrogens is 340 g/mol. The molecule has 0 saturated heterocycles. The molecule has 0 spiro atoms. The quantitative estimate of drug-likeness (QED) is 0.784. The molecule has 2 amide bonds. The summed E-state index contributed by atoms with van der Waals surface area (Å²) in [6.07, 6.45) is 0. The molecule has 2 aromatic carbocycles. The van der Waals surface area contributed by atoms with Crippen molar-refractivity contribution in [2.24, 2.45) is 0 Å². The van der Waals surface area contributed by atoms with Crippen LogP contribution in [0.15, 0.2) is 60.2 Å². The third kappa shape index (κ3) is 4.03. The Morgan fingerprint density at radius 3 is 2.33 bits per heavy atom. The molecule has 1 aliphatic rings. The summed E-state index contributed by atoms with van der Waals surface area (Å²) in [5, 5.41) is 5.64. The van der Waals surface area contributed by atoms with E-state index in [1.807, 2.05) is 54.6 Å². The van der Waals surface area contributed by atoms with Gasteiger partial charge in [-0.05, 0) is 29.5 Å². The highest BCUT2D eigenvalue weighted by Crippen LogP contribution is 2.32. The number of nitrogens with one attached hydrogen (secondary N) is 2. The third-order valence-electron chi connectivity index (χ3n) is 4.57. The Balaban J connectivity index is 2.12. The van der Waals surface area contributed by atoms with E-state index in [2.05, 4.69) is 24.5 Å². The first-order chi connectivity index (χ1) is 13.0. The van der Waals surface area contributed by atoms with Crippen LogP contribution in [0.25, 0.3) is 5.70 Å². The molecule has 1 heterocycles. The minimum atomic E-state index is -0.575. The summed E-state index contributed by atoms with van der Waals surface area (Å²) in [5.41, 5.74) is 3.68. The second-order valence-electron chi connectivity index (χ2n) is 6.73. The normalized spacial score (nSPS) is 16.7. The average molecular weight is 364 g/mol. The van der Waals surface area contributed by atoms with Gasteiger partial charge in [0.2, 0.25) is 0 Å². The van der Waals surface area contributed by atoms with E-state index in [-0.39, 0.29) is 12.6 Å². The van der Waals surface area contributed by atoms with Crippen LogP contribution in [0, 0.1) is 0 Å². The van der Waals surface area contributed by atoms with Gasteiger partial charge in [0.05, 0.1) is 23.9 Å². The van der Waals surface area contributed by atoms with Gasteiger partial charge in [-0.3, -0.25) is 0 Å². The van der Waals surface area contributed by atoms with Crippen LogP contribution in [0.5, 0.6) is 0 Å². The number of hydrogen-bond donors (Lipinski definition) is 2. The van der Waals surface area contributed by atoms with Crippen molar-refractivity contribution in [3.05, 3.63) is 76.9 Å². The summed E-state index contributed by atoms with van der Waals surface area (Å²) < 4.78 is 5.29. The SMILES string of the molecule is CCOC(=O)C1=C(c2ccccc2)NC(=O)N[C@@H]1c1ccc(C(C)C)cc1. The van der Waals surface area contributed by atoms with Crippen molar-refractivity contribution in [3.63, 3.8) is 0 Å². The Morgan fingerprint density at radius 2 is 1.74 bits per heavy atom. The molecule has 0 saturated carbocycles. The fourth-order valence-corrected chi connectivity index (χ4v) is 3.15. The van der Waals surface area contributed by atoms with E-state index in [0.717, 1.165) is 11.1 Å². The molecule has 0 radical (unpaired) electrons. The van der Waals surface area contributed by atoms with E-state index in [1.165, 1.54) is 5.56 Å². The van der Waals surface area contributed by atoms with Gasteiger partial charge in [0.25, 0.3) is 0 Å². The van der Waals surface area contributed by atoms with E-state index in [0.29, 0.717) is 17.2 Å². The first-order valence-electron chi connectivity index (χ1n) is 9.15. The number of benzene rings is 2. The van der Waals surface area contributed by atoms with Crippen LogP contribution < -0.4 is 10.6 Å². The lowest BCUT2D eigenvalue weighted by Gasteiger charge is -2.29. The van der Waals surface area contributed by atoms with E-state index in [1.54, 1.807) is 6.92 Å². The number of carbonyl (C=O) groups is 2. The van der Waals surface area contributed by atoms with Crippen molar-refractivity contribution in [2.75, 3.05) is 6.61 Å². The maximum Gasteiger partial charge on any atom is 0.338 e. The van der Waals surface area contributed by atoms with Crippen molar-refractivity contribution >= 4 is 17.7 Å². The smallest absolute Gasteiger partial charge is 0.338 e. The van der Waals surface area contributed by atoms with Crippen LogP contribution in [0.2, 0.25) is 0 Å². The molecule has 5 heteroatoms. The van der Waals surface area contributed by atoms with Gasteiger partial charge in [0.1, 0.15) is 0 Å². The van der Waals surface area contributed by atoms with Crippen molar-refractivity contribution in [1.82, 2.24) is 10.6 Å². The Bertz CT molecular complexity index is 855. The molecular formula is C22H24N2O3. The molecule has 140 valence electrons. The molecule has 5 nitrogen and oxygen atoms in total. The number of amides is 2. The second kappa shape index (κ2) is 8.08. The van der Waals surface area contributed by atoms with Crippen molar-refractivity contribution in [3.8, 4) is 0 Å². The Hall–Kier alpha value is -3.08. The molecule has 0 bridgehead atoms. The van der Waals surface area contributed by atoms with Crippen molar-refractivity contribution in [2.45, 2.75) is 32.7 Å². The molecule has 0 unspecified atom stereocenters. The monoisotopic (exact) mass is 364 g/mol. The fraction of sp³-hybridized carbons (Fsp3) is 0.273. The number of carbonyl (C=O) groups excluding carboxylic acids is 2. The molecule has 0 aliphatic carbocycles. The van der Waals surface area contributed by atoms with Gasteiger partial charge < -0.3 is 15.4 Å². The highest BCUT2D eigenvalue weighted by molar-refractivity contribution is 6.04. The first-order valence-corrected chi connectivity index (χ1v) is 9.15. The summed E-state index contributed by atoms with van der Waals surface area (Å²) >= 11 is 0. The Kier molecular flexibility index (Phi) is 5.60. The van der Waals surface area contributed by atoms with Gasteiger partial charge in [0.15, 0.2) is 0 Å². The summed E-state index contributed by atoms with van der Waals surface area (Å²) in [6, 6.07) is 16.4. The van der Waals surface area contributed by atoms with Gasteiger partial charge in [-0.25, -0.2) is 9.59 Å². The number of rotatable bonds is 5. The average Bonchev–Trinajstić information content (AvgIpc) is 2.68. The number of urea groups is 1. The number of esters is 1. The highest BCUT2D eigenvalue weighted by Gasteiger charge is 2.34. The van der Waals surface area contributed by atoms with Crippen molar-refractivity contribution in [1.29, 1.82) is 0 Å². The summed E-state index contributed by atoms with van der Waals surface area (Å²) in [5.74, 6) is -0.0385. The summed E-state index contributed by atoms with van der Waals surface area (Å²) in [7, 11) is 0. The van der Waals surface area contributed by atoms with Crippen LogP contribution in [0.1, 0.15) is 49.4 Å².